The number of amidine groups is 1. The first-order chi connectivity index (χ1) is 13.6. The molecule has 0 aromatic heterocycles. The van der Waals surface area contributed by atoms with Gasteiger partial charge in [-0.1, -0.05) is 60.7 Å². The molecule has 0 saturated carbocycles. The first-order valence-electron chi connectivity index (χ1n) is 9.32. The van der Waals surface area contributed by atoms with Crippen LogP contribution in [0.3, 0.4) is 0 Å². The van der Waals surface area contributed by atoms with Crippen molar-refractivity contribution < 1.29 is 4.92 Å². The van der Waals surface area contributed by atoms with Crippen molar-refractivity contribution in [2.45, 2.75) is 24.9 Å². The highest BCUT2D eigenvalue weighted by atomic mass is 16.6. The van der Waals surface area contributed by atoms with Crippen molar-refractivity contribution in [3.63, 3.8) is 0 Å². The molecule has 0 spiro atoms. The van der Waals surface area contributed by atoms with Crippen molar-refractivity contribution in [1.82, 2.24) is 4.90 Å². The van der Waals surface area contributed by atoms with Crippen molar-refractivity contribution in [2.24, 2.45) is 4.99 Å². The highest BCUT2D eigenvalue weighted by Gasteiger charge is 2.57. The van der Waals surface area contributed by atoms with Gasteiger partial charge in [0.1, 0.15) is 5.84 Å². The lowest BCUT2D eigenvalue weighted by molar-refractivity contribution is -0.384. The number of nitro groups is 1. The number of hydrogen-bond donors (Lipinski definition) is 0. The Hall–Kier alpha value is -3.47. The number of benzene rings is 3. The molecule has 1 fully saturated rings. The van der Waals surface area contributed by atoms with E-state index in [0.29, 0.717) is 0 Å². The van der Waals surface area contributed by atoms with E-state index in [0.717, 1.165) is 23.6 Å². The van der Waals surface area contributed by atoms with E-state index in [1.165, 1.54) is 11.1 Å². The number of para-hydroxylation sites is 1. The summed E-state index contributed by atoms with van der Waals surface area (Å²) in [7, 11) is 0. The van der Waals surface area contributed by atoms with E-state index < -0.39 is 0 Å². The summed E-state index contributed by atoms with van der Waals surface area (Å²) in [5.41, 5.74) is 4.32. The van der Waals surface area contributed by atoms with Gasteiger partial charge in [0.05, 0.1) is 22.1 Å². The van der Waals surface area contributed by atoms with Crippen LogP contribution in [-0.4, -0.2) is 15.7 Å². The first kappa shape index (κ1) is 16.7. The molecule has 28 heavy (non-hydrogen) atoms. The van der Waals surface area contributed by atoms with Crippen LogP contribution in [0.5, 0.6) is 0 Å². The predicted octanol–water partition coefficient (Wildman–Crippen LogP) is 5.15. The molecule has 2 atom stereocenters. The van der Waals surface area contributed by atoms with Gasteiger partial charge in [0.2, 0.25) is 0 Å². The Bertz CT molecular complexity index is 1090. The smallest absolute Gasteiger partial charge is 0.269 e. The zero-order valence-corrected chi connectivity index (χ0v) is 15.4. The van der Waals surface area contributed by atoms with Gasteiger partial charge in [-0.05, 0) is 29.7 Å². The number of nitrogens with zero attached hydrogens (tertiary/aromatic N) is 3. The normalized spacial score (nSPS) is 22.5. The third-order valence-electron chi connectivity index (χ3n) is 5.95. The number of nitro benzene ring substituents is 1. The summed E-state index contributed by atoms with van der Waals surface area (Å²) >= 11 is 0. The summed E-state index contributed by atoms with van der Waals surface area (Å²) in [6, 6.07) is 25.6. The van der Waals surface area contributed by atoms with Crippen molar-refractivity contribution in [3.05, 3.63) is 106 Å². The molecule has 0 amide bonds. The Kier molecular flexibility index (Phi) is 3.59. The Morgan fingerprint density at radius 3 is 2.39 bits per heavy atom. The summed E-state index contributed by atoms with van der Waals surface area (Å²) in [5.74, 6) is 1.06. The Labute approximate surface area is 163 Å². The topological polar surface area (TPSA) is 58.7 Å². The van der Waals surface area contributed by atoms with Gasteiger partial charge in [0, 0.05) is 18.7 Å². The maximum absolute atomic E-state index is 11.1. The van der Waals surface area contributed by atoms with E-state index in [4.69, 9.17) is 4.99 Å². The zero-order valence-electron chi connectivity index (χ0n) is 15.4. The Morgan fingerprint density at radius 1 is 1.00 bits per heavy atom. The Balaban J connectivity index is 1.65. The van der Waals surface area contributed by atoms with Gasteiger partial charge in [0.25, 0.3) is 5.69 Å². The third-order valence-corrected chi connectivity index (χ3v) is 5.95. The molecule has 0 aliphatic carbocycles. The van der Waals surface area contributed by atoms with E-state index in [1.807, 2.05) is 42.5 Å². The van der Waals surface area contributed by atoms with Crippen LogP contribution < -0.4 is 0 Å². The molecule has 2 heterocycles. The fourth-order valence-electron chi connectivity index (χ4n) is 4.55. The fourth-order valence-corrected chi connectivity index (χ4v) is 4.55. The fraction of sp³-hybridized carbons (Fsp3) is 0.174. The molecule has 2 aliphatic heterocycles. The third kappa shape index (κ3) is 2.29. The number of fused-ring (bicyclic) bond motifs is 2. The lowest BCUT2D eigenvalue weighted by Crippen LogP contribution is -2.64. The highest BCUT2D eigenvalue weighted by Crippen LogP contribution is 2.55. The van der Waals surface area contributed by atoms with Gasteiger partial charge in [-0.25, -0.2) is 4.99 Å². The lowest BCUT2D eigenvalue weighted by Gasteiger charge is -2.59. The second-order valence-electron chi connectivity index (χ2n) is 7.51. The molecular weight excluding hydrogens is 350 g/mol. The van der Waals surface area contributed by atoms with Crippen LogP contribution >= 0.6 is 0 Å². The average Bonchev–Trinajstić information content (AvgIpc) is 2.74. The van der Waals surface area contributed by atoms with E-state index in [9.17, 15) is 10.1 Å². The molecule has 3 aromatic rings. The number of hydrogen-bond acceptors (Lipinski definition) is 4. The standard InChI is InChI=1S/C23H19N3O2/c1-23(18-8-3-2-4-9-18)21(16-11-13-19(14-12-16)26(27)28)25-15-17-7-5-6-10-20(17)24-22(23)25/h2-14,21H,15H2,1H3/t21-,23+/m1/s1. The SMILES string of the molecule is C[C@@]1(c2ccccc2)C2=Nc3ccccc3CN2[C@@H]1c1ccc([N+](=O)[O-])cc1. The summed E-state index contributed by atoms with van der Waals surface area (Å²) in [6.07, 6.45) is 0. The van der Waals surface area contributed by atoms with Crippen molar-refractivity contribution in [3.8, 4) is 0 Å². The molecular formula is C23H19N3O2. The second kappa shape index (κ2) is 6.02. The van der Waals surface area contributed by atoms with Gasteiger partial charge in [-0.2, -0.15) is 0 Å². The first-order valence-corrected chi connectivity index (χ1v) is 9.32. The van der Waals surface area contributed by atoms with E-state index in [2.05, 4.69) is 36.1 Å². The van der Waals surface area contributed by atoms with Crippen molar-refractivity contribution in [2.75, 3.05) is 0 Å². The predicted molar refractivity (Wildman–Crippen MR) is 109 cm³/mol. The monoisotopic (exact) mass is 369 g/mol. The van der Waals surface area contributed by atoms with Crippen molar-refractivity contribution in [1.29, 1.82) is 0 Å². The van der Waals surface area contributed by atoms with Gasteiger partial charge in [-0.3, -0.25) is 10.1 Å². The maximum atomic E-state index is 11.1. The molecule has 5 heteroatoms. The molecule has 138 valence electrons. The number of non-ortho nitro benzene ring substituents is 1. The minimum atomic E-state index is -0.356. The van der Waals surface area contributed by atoms with Crippen molar-refractivity contribution >= 4 is 17.2 Å². The van der Waals surface area contributed by atoms with Gasteiger partial charge >= 0.3 is 0 Å². The summed E-state index contributed by atoms with van der Waals surface area (Å²) in [6.45, 7) is 3.01. The van der Waals surface area contributed by atoms with Crippen LogP contribution in [0.15, 0.2) is 83.9 Å². The quantitative estimate of drug-likeness (QED) is 0.474. The van der Waals surface area contributed by atoms with Gasteiger partial charge in [0.15, 0.2) is 0 Å². The molecule has 0 bridgehead atoms. The van der Waals surface area contributed by atoms with E-state index >= 15 is 0 Å². The minimum absolute atomic E-state index is 0.0720. The molecule has 2 aliphatic rings. The summed E-state index contributed by atoms with van der Waals surface area (Å²) < 4.78 is 0. The molecule has 0 radical (unpaired) electrons. The van der Waals surface area contributed by atoms with Crippen LogP contribution in [-0.2, 0) is 12.0 Å². The Morgan fingerprint density at radius 2 is 1.68 bits per heavy atom. The zero-order chi connectivity index (χ0) is 19.3. The minimum Gasteiger partial charge on any atom is -0.346 e. The van der Waals surface area contributed by atoms with Gasteiger partial charge in [-0.15, -0.1) is 0 Å². The second-order valence-corrected chi connectivity index (χ2v) is 7.51. The number of rotatable bonds is 3. The number of aliphatic imine (C=N–C) groups is 1. The molecule has 5 rings (SSSR count). The van der Waals surface area contributed by atoms with Crippen LogP contribution in [0, 0.1) is 10.1 Å². The van der Waals surface area contributed by atoms with Crippen LogP contribution in [0.2, 0.25) is 0 Å². The molecule has 0 unspecified atom stereocenters. The van der Waals surface area contributed by atoms with Crippen LogP contribution in [0.25, 0.3) is 0 Å². The lowest BCUT2D eigenvalue weighted by atomic mass is 9.64. The average molecular weight is 369 g/mol. The van der Waals surface area contributed by atoms with Crippen LogP contribution in [0.4, 0.5) is 11.4 Å². The molecule has 0 N–H and O–H groups in total. The molecule has 5 nitrogen and oxygen atoms in total. The summed E-state index contributed by atoms with van der Waals surface area (Å²) in [4.78, 5) is 18.0. The van der Waals surface area contributed by atoms with Crippen LogP contribution in [0.1, 0.15) is 29.7 Å². The van der Waals surface area contributed by atoms with E-state index in [-0.39, 0.29) is 22.1 Å². The highest BCUT2D eigenvalue weighted by molar-refractivity contribution is 6.02. The summed E-state index contributed by atoms with van der Waals surface area (Å²) in [5, 5.41) is 11.1. The molecule has 1 saturated heterocycles. The largest absolute Gasteiger partial charge is 0.346 e. The molecule has 3 aromatic carbocycles. The maximum Gasteiger partial charge on any atom is 0.269 e. The van der Waals surface area contributed by atoms with Gasteiger partial charge < -0.3 is 4.90 Å². The van der Waals surface area contributed by atoms with E-state index in [1.54, 1.807) is 12.1 Å².